The van der Waals surface area contributed by atoms with Crippen LogP contribution in [0, 0.1) is 0 Å². The first-order valence-electron chi connectivity index (χ1n) is 11.3. The molecule has 0 heterocycles. The van der Waals surface area contributed by atoms with Crippen LogP contribution in [0.3, 0.4) is 0 Å². The Kier molecular flexibility index (Phi) is 8.69. The highest BCUT2D eigenvalue weighted by atomic mass is 35.5. The molecule has 0 unspecified atom stereocenters. The van der Waals surface area contributed by atoms with Crippen molar-refractivity contribution in [2.75, 3.05) is 6.54 Å². The maximum atomic E-state index is 13.3. The van der Waals surface area contributed by atoms with Gasteiger partial charge in [-0.25, -0.2) is 0 Å². The molecule has 3 aromatic carbocycles. The van der Waals surface area contributed by atoms with Crippen LogP contribution in [-0.4, -0.2) is 29.3 Å². The summed E-state index contributed by atoms with van der Waals surface area (Å²) in [5.74, 6) is -0.194. The second-order valence-electron chi connectivity index (χ2n) is 8.07. The van der Waals surface area contributed by atoms with Crippen molar-refractivity contribution in [1.82, 2.24) is 10.2 Å². The summed E-state index contributed by atoms with van der Waals surface area (Å²) in [6.07, 6.45) is 2.86. The lowest BCUT2D eigenvalue weighted by Gasteiger charge is -2.29. The second kappa shape index (κ2) is 11.7. The fourth-order valence-corrected chi connectivity index (χ4v) is 4.02. The van der Waals surface area contributed by atoms with Gasteiger partial charge < -0.3 is 10.2 Å². The highest BCUT2D eigenvalue weighted by Gasteiger charge is 2.26. The monoisotopic (exact) mass is 450 g/mol. The Hall–Kier alpha value is -2.85. The molecule has 1 atom stereocenters. The smallest absolute Gasteiger partial charge is 0.242 e. The number of aryl methyl sites for hydroxylation is 1. The maximum absolute atomic E-state index is 13.3. The number of unbranched alkanes of at least 4 members (excludes halogenated alkanes) is 1. The van der Waals surface area contributed by atoms with Gasteiger partial charge in [-0.3, -0.25) is 9.59 Å². The minimum absolute atomic E-state index is 0.0593. The average Bonchev–Trinajstić information content (AvgIpc) is 2.81. The lowest BCUT2D eigenvalue weighted by atomic mass is 10.0. The molecule has 4 nitrogen and oxygen atoms in total. The number of carbonyl (C=O) groups excluding carboxylic acids is 2. The summed E-state index contributed by atoms with van der Waals surface area (Å²) in [7, 11) is 0. The van der Waals surface area contributed by atoms with Gasteiger partial charge in [0.1, 0.15) is 6.04 Å². The third-order valence-corrected chi connectivity index (χ3v) is 6.15. The molecule has 0 spiro atoms. The largest absolute Gasteiger partial charge is 0.354 e. The minimum atomic E-state index is -0.580. The van der Waals surface area contributed by atoms with Crippen LogP contribution < -0.4 is 5.32 Å². The number of amides is 2. The molecule has 0 aromatic heterocycles. The van der Waals surface area contributed by atoms with Gasteiger partial charge in [0, 0.05) is 24.5 Å². The van der Waals surface area contributed by atoms with Crippen LogP contribution in [0.5, 0.6) is 0 Å². The fraction of sp³-hybridized carbons (Fsp3) is 0.333. The molecule has 0 saturated heterocycles. The standard InChI is InChI=1S/C27H31ClN2O2/c1-3-4-18-29-27(32)20(2)30(19-23-11-6-8-15-25(23)28)26(31)17-16-22-13-9-12-21-10-5-7-14-24(21)22/h5-15,20H,3-4,16-19H2,1-2H3,(H,29,32)/t20-/m0/s1. The Bertz CT molecular complexity index is 1060. The first kappa shape index (κ1) is 23.8. The van der Waals surface area contributed by atoms with E-state index in [4.69, 9.17) is 11.6 Å². The van der Waals surface area contributed by atoms with E-state index < -0.39 is 6.04 Å². The van der Waals surface area contributed by atoms with Gasteiger partial charge in [-0.05, 0) is 47.7 Å². The zero-order chi connectivity index (χ0) is 22.9. The maximum Gasteiger partial charge on any atom is 0.242 e. The van der Waals surface area contributed by atoms with E-state index in [0.717, 1.165) is 34.7 Å². The van der Waals surface area contributed by atoms with E-state index in [1.165, 1.54) is 0 Å². The predicted octanol–water partition coefficient (Wildman–Crippen LogP) is 5.76. The number of halogens is 1. The molecule has 0 bridgehead atoms. The lowest BCUT2D eigenvalue weighted by Crippen LogP contribution is -2.47. The summed E-state index contributed by atoms with van der Waals surface area (Å²) in [6, 6.07) is 21.2. The summed E-state index contributed by atoms with van der Waals surface area (Å²) in [5.41, 5.74) is 1.97. The van der Waals surface area contributed by atoms with Crippen molar-refractivity contribution in [3.05, 3.63) is 82.9 Å². The van der Waals surface area contributed by atoms with Gasteiger partial charge in [-0.1, -0.05) is 85.6 Å². The molecular weight excluding hydrogens is 420 g/mol. The Morgan fingerprint density at radius 3 is 2.44 bits per heavy atom. The Morgan fingerprint density at radius 2 is 1.66 bits per heavy atom. The van der Waals surface area contributed by atoms with Crippen LogP contribution in [0.25, 0.3) is 10.8 Å². The van der Waals surface area contributed by atoms with Crippen LogP contribution in [0.4, 0.5) is 0 Å². The molecular formula is C27H31ClN2O2. The van der Waals surface area contributed by atoms with Gasteiger partial charge in [0.2, 0.25) is 11.8 Å². The minimum Gasteiger partial charge on any atom is -0.354 e. The Labute approximate surface area is 195 Å². The molecule has 1 N–H and O–H groups in total. The molecule has 3 aromatic rings. The highest BCUT2D eigenvalue weighted by Crippen LogP contribution is 2.22. The quantitative estimate of drug-likeness (QED) is 0.399. The number of fused-ring (bicyclic) bond motifs is 1. The lowest BCUT2D eigenvalue weighted by molar-refractivity contribution is -0.140. The number of rotatable bonds is 10. The Morgan fingerprint density at radius 1 is 0.969 bits per heavy atom. The van der Waals surface area contributed by atoms with Crippen molar-refractivity contribution in [2.24, 2.45) is 0 Å². The van der Waals surface area contributed by atoms with E-state index in [9.17, 15) is 9.59 Å². The first-order valence-corrected chi connectivity index (χ1v) is 11.7. The molecule has 0 radical (unpaired) electrons. The molecule has 0 aliphatic carbocycles. The number of carbonyl (C=O) groups is 2. The van der Waals surface area contributed by atoms with Crippen LogP contribution in [0.1, 0.15) is 44.2 Å². The molecule has 0 aliphatic rings. The van der Waals surface area contributed by atoms with Gasteiger partial charge in [-0.2, -0.15) is 0 Å². The van der Waals surface area contributed by atoms with Crippen molar-refractivity contribution in [3.8, 4) is 0 Å². The zero-order valence-electron chi connectivity index (χ0n) is 18.8. The number of benzene rings is 3. The normalized spacial score (nSPS) is 11.8. The molecule has 2 amide bonds. The van der Waals surface area contributed by atoms with Crippen molar-refractivity contribution >= 4 is 34.2 Å². The SMILES string of the molecule is CCCCNC(=O)[C@H](C)N(Cc1ccccc1Cl)C(=O)CCc1cccc2ccccc12. The summed E-state index contributed by atoms with van der Waals surface area (Å²) < 4.78 is 0. The van der Waals surface area contributed by atoms with E-state index >= 15 is 0 Å². The van der Waals surface area contributed by atoms with Gasteiger partial charge in [0.05, 0.1) is 0 Å². The van der Waals surface area contributed by atoms with E-state index in [1.54, 1.807) is 11.8 Å². The summed E-state index contributed by atoms with van der Waals surface area (Å²) in [6.45, 7) is 4.78. The van der Waals surface area contributed by atoms with Crippen LogP contribution in [0.15, 0.2) is 66.7 Å². The number of nitrogens with zero attached hydrogens (tertiary/aromatic N) is 1. The highest BCUT2D eigenvalue weighted by molar-refractivity contribution is 6.31. The molecule has 168 valence electrons. The van der Waals surface area contributed by atoms with Crippen molar-refractivity contribution in [3.63, 3.8) is 0 Å². The summed E-state index contributed by atoms with van der Waals surface area (Å²) in [4.78, 5) is 27.7. The van der Waals surface area contributed by atoms with E-state index in [1.807, 2.05) is 42.5 Å². The molecule has 3 rings (SSSR count). The van der Waals surface area contributed by atoms with Crippen LogP contribution in [-0.2, 0) is 22.6 Å². The topological polar surface area (TPSA) is 49.4 Å². The van der Waals surface area contributed by atoms with Crippen molar-refractivity contribution in [2.45, 2.75) is 52.1 Å². The molecule has 0 fully saturated rings. The van der Waals surface area contributed by atoms with Crippen LogP contribution >= 0.6 is 11.6 Å². The van der Waals surface area contributed by atoms with Gasteiger partial charge in [-0.15, -0.1) is 0 Å². The Balaban J connectivity index is 1.77. The molecule has 0 aliphatic heterocycles. The van der Waals surface area contributed by atoms with E-state index in [-0.39, 0.29) is 11.8 Å². The third-order valence-electron chi connectivity index (χ3n) is 5.78. The molecule has 0 saturated carbocycles. The van der Waals surface area contributed by atoms with Crippen LogP contribution in [0.2, 0.25) is 5.02 Å². The van der Waals surface area contributed by atoms with Crippen molar-refractivity contribution in [1.29, 1.82) is 0 Å². The number of hydrogen-bond acceptors (Lipinski definition) is 2. The van der Waals surface area contributed by atoms with Gasteiger partial charge >= 0.3 is 0 Å². The average molecular weight is 451 g/mol. The second-order valence-corrected chi connectivity index (χ2v) is 8.48. The number of hydrogen-bond donors (Lipinski definition) is 1. The van der Waals surface area contributed by atoms with Crippen molar-refractivity contribution < 1.29 is 9.59 Å². The van der Waals surface area contributed by atoms with Gasteiger partial charge in [0.15, 0.2) is 0 Å². The van der Waals surface area contributed by atoms with Gasteiger partial charge in [0.25, 0.3) is 0 Å². The third kappa shape index (κ3) is 6.10. The molecule has 32 heavy (non-hydrogen) atoms. The van der Waals surface area contributed by atoms with E-state index in [0.29, 0.717) is 31.0 Å². The fourth-order valence-electron chi connectivity index (χ4n) is 3.82. The zero-order valence-corrected chi connectivity index (χ0v) is 19.6. The first-order chi connectivity index (χ1) is 15.5. The molecule has 5 heteroatoms. The van der Waals surface area contributed by atoms with E-state index in [2.05, 4.69) is 36.5 Å². The predicted molar refractivity (Wildman–Crippen MR) is 132 cm³/mol. The number of nitrogens with one attached hydrogen (secondary N) is 1. The summed E-state index contributed by atoms with van der Waals surface area (Å²) in [5, 5.41) is 5.87. The summed E-state index contributed by atoms with van der Waals surface area (Å²) >= 11 is 6.36.